The van der Waals surface area contributed by atoms with Gasteiger partial charge in [0.05, 0.1) is 5.88 Å². The number of carbonyl (C=O) groups is 1. The summed E-state index contributed by atoms with van der Waals surface area (Å²) in [6, 6.07) is 5.74. The lowest BCUT2D eigenvalue weighted by Gasteiger charge is -2.03. The zero-order valence-electron chi connectivity index (χ0n) is 6.76. The van der Waals surface area contributed by atoms with E-state index in [0.29, 0.717) is 6.42 Å². The molecule has 0 radical (unpaired) electrons. The van der Waals surface area contributed by atoms with E-state index in [1.165, 1.54) is 0 Å². The highest BCUT2D eigenvalue weighted by Crippen LogP contribution is 2.17. The fourth-order valence-electron chi connectivity index (χ4n) is 0.956. The first kappa shape index (κ1) is 11.3. The minimum absolute atomic E-state index is 0.0403. The van der Waals surface area contributed by atoms with Crippen LogP contribution in [-0.4, -0.2) is 11.7 Å². The lowest BCUT2D eigenvalue weighted by Crippen LogP contribution is -2.05. The number of carbonyl (C=O) groups excluding carboxylic acids is 1. The normalized spacial score (nSPS) is 10.1. The van der Waals surface area contributed by atoms with E-state index in [1.807, 2.05) is 18.2 Å². The molecule has 0 aliphatic rings. The van der Waals surface area contributed by atoms with Gasteiger partial charge in [-0.05, 0) is 46.4 Å². The van der Waals surface area contributed by atoms with Gasteiger partial charge in [-0.2, -0.15) is 0 Å². The highest BCUT2D eigenvalue weighted by atomic mass is 127. The lowest BCUT2D eigenvalue weighted by molar-refractivity contribution is -0.116. The van der Waals surface area contributed by atoms with Gasteiger partial charge in [-0.3, -0.25) is 4.79 Å². The Morgan fingerprint density at radius 1 is 1.54 bits per heavy atom. The molecule has 1 aromatic rings. The van der Waals surface area contributed by atoms with Crippen molar-refractivity contribution in [3.63, 3.8) is 0 Å². The Morgan fingerprint density at radius 2 is 2.23 bits per heavy atom. The van der Waals surface area contributed by atoms with E-state index < -0.39 is 0 Å². The molecule has 70 valence electrons. The van der Waals surface area contributed by atoms with Crippen molar-refractivity contribution in [1.82, 2.24) is 0 Å². The maximum absolute atomic E-state index is 11.1. The second-order valence-electron chi connectivity index (χ2n) is 2.62. The van der Waals surface area contributed by atoms with Gasteiger partial charge in [0.1, 0.15) is 0 Å². The van der Waals surface area contributed by atoms with Crippen LogP contribution in [0.3, 0.4) is 0 Å². The number of ketones is 1. The third-order valence-corrected chi connectivity index (χ3v) is 3.19. The lowest BCUT2D eigenvalue weighted by atomic mass is 10.1. The molecular formula is C9H8ClIOS. The molecule has 1 nitrogen and oxygen atoms in total. The monoisotopic (exact) mass is 326 g/mol. The number of Topliss-reactive ketones (excluding diaryl/α,β-unsaturated/α-hetero) is 1. The summed E-state index contributed by atoms with van der Waals surface area (Å²) in [6.07, 6.45) is 0.399. The van der Waals surface area contributed by atoms with Gasteiger partial charge in [0.25, 0.3) is 0 Å². The minimum atomic E-state index is 0.0403. The summed E-state index contributed by atoms with van der Waals surface area (Å²) >= 11 is 11.8. The van der Waals surface area contributed by atoms with E-state index in [0.717, 1.165) is 14.0 Å². The summed E-state index contributed by atoms with van der Waals surface area (Å²) in [6.45, 7) is 0. The number of alkyl halides is 1. The molecule has 0 saturated carbocycles. The van der Waals surface area contributed by atoms with Crippen molar-refractivity contribution < 1.29 is 4.79 Å². The molecule has 1 rings (SSSR count). The van der Waals surface area contributed by atoms with Gasteiger partial charge in [-0.1, -0.05) is 0 Å². The van der Waals surface area contributed by atoms with E-state index in [9.17, 15) is 4.79 Å². The molecule has 0 aromatic heterocycles. The van der Waals surface area contributed by atoms with Crippen molar-refractivity contribution in [3.05, 3.63) is 27.3 Å². The fraction of sp³-hybridized carbons (Fsp3) is 0.222. The van der Waals surface area contributed by atoms with Crippen LogP contribution in [0.4, 0.5) is 0 Å². The van der Waals surface area contributed by atoms with Gasteiger partial charge in [-0.15, -0.1) is 24.2 Å². The third kappa shape index (κ3) is 3.48. The highest BCUT2D eigenvalue weighted by Gasteiger charge is 2.05. The molecule has 0 aliphatic carbocycles. The average molecular weight is 327 g/mol. The van der Waals surface area contributed by atoms with Crippen molar-refractivity contribution in [2.24, 2.45) is 0 Å². The third-order valence-electron chi connectivity index (χ3n) is 1.57. The molecule has 0 heterocycles. The summed E-state index contributed by atoms with van der Waals surface area (Å²) in [5, 5.41) is 0. The Kier molecular flexibility index (Phi) is 4.55. The smallest absolute Gasteiger partial charge is 0.151 e. The molecule has 4 heteroatoms. The summed E-state index contributed by atoms with van der Waals surface area (Å²) in [5.41, 5.74) is 0.999. The SMILES string of the molecule is O=C(CCl)Cc1cc(S)ccc1I. The van der Waals surface area contributed by atoms with Crippen LogP contribution in [0.15, 0.2) is 23.1 Å². The Bertz CT molecular complexity index is 327. The van der Waals surface area contributed by atoms with Gasteiger partial charge in [-0.25, -0.2) is 0 Å². The van der Waals surface area contributed by atoms with E-state index >= 15 is 0 Å². The van der Waals surface area contributed by atoms with Crippen LogP contribution >= 0.6 is 46.8 Å². The van der Waals surface area contributed by atoms with Crippen molar-refractivity contribution >= 4 is 52.6 Å². The standard InChI is InChI=1S/C9H8ClIOS/c10-5-7(12)3-6-4-8(13)1-2-9(6)11/h1-2,4,13H,3,5H2. The van der Waals surface area contributed by atoms with E-state index in [2.05, 4.69) is 35.2 Å². The Labute approximate surface area is 101 Å². The molecule has 0 saturated heterocycles. The van der Waals surface area contributed by atoms with E-state index in [-0.39, 0.29) is 11.7 Å². The van der Waals surface area contributed by atoms with Crippen LogP contribution in [0.5, 0.6) is 0 Å². The van der Waals surface area contributed by atoms with Crippen LogP contribution in [0.2, 0.25) is 0 Å². The second-order valence-corrected chi connectivity index (χ2v) is 4.57. The number of rotatable bonds is 3. The van der Waals surface area contributed by atoms with Crippen LogP contribution in [0.25, 0.3) is 0 Å². The summed E-state index contributed by atoms with van der Waals surface area (Å²) in [5.74, 6) is 0.117. The number of thiol groups is 1. The first-order chi connectivity index (χ1) is 6.13. The maximum atomic E-state index is 11.1. The molecule has 0 fully saturated rings. The van der Waals surface area contributed by atoms with Gasteiger partial charge in [0.2, 0.25) is 0 Å². The topological polar surface area (TPSA) is 17.1 Å². The predicted octanol–water partition coefficient (Wildman–Crippen LogP) is 2.93. The molecule has 1 aromatic carbocycles. The largest absolute Gasteiger partial charge is 0.298 e. The Balaban J connectivity index is 2.87. The molecule has 0 atom stereocenters. The number of hydrogen-bond donors (Lipinski definition) is 1. The molecule has 0 amide bonds. The number of hydrogen-bond acceptors (Lipinski definition) is 2. The van der Waals surface area contributed by atoms with E-state index in [4.69, 9.17) is 11.6 Å². The fourth-order valence-corrected chi connectivity index (χ4v) is 1.81. The summed E-state index contributed by atoms with van der Waals surface area (Å²) in [4.78, 5) is 12.0. The van der Waals surface area contributed by atoms with Crippen LogP contribution in [0.1, 0.15) is 5.56 Å². The first-order valence-electron chi connectivity index (χ1n) is 3.68. The maximum Gasteiger partial charge on any atom is 0.151 e. The van der Waals surface area contributed by atoms with Crippen molar-refractivity contribution in [2.45, 2.75) is 11.3 Å². The Morgan fingerprint density at radius 3 is 2.85 bits per heavy atom. The van der Waals surface area contributed by atoms with E-state index in [1.54, 1.807) is 0 Å². The molecule has 0 N–H and O–H groups in total. The highest BCUT2D eigenvalue weighted by molar-refractivity contribution is 14.1. The van der Waals surface area contributed by atoms with Crippen LogP contribution in [0, 0.1) is 3.57 Å². The predicted molar refractivity (Wildman–Crippen MR) is 65.8 cm³/mol. The zero-order chi connectivity index (χ0) is 9.84. The molecular weight excluding hydrogens is 319 g/mol. The van der Waals surface area contributed by atoms with Gasteiger partial charge in [0, 0.05) is 14.9 Å². The molecule has 0 unspecified atom stereocenters. The van der Waals surface area contributed by atoms with Crippen LogP contribution < -0.4 is 0 Å². The summed E-state index contributed by atoms with van der Waals surface area (Å²) in [7, 11) is 0. The molecule has 13 heavy (non-hydrogen) atoms. The minimum Gasteiger partial charge on any atom is -0.298 e. The molecule has 0 spiro atoms. The quantitative estimate of drug-likeness (QED) is 0.513. The first-order valence-corrected chi connectivity index (χ1v) is 5.74. The van der Waals surface area contributed by atoms with Gasteiger partial charge in [0.15, 0.2) is 5.78 Å². The number of halogens is 2. The van der Waals surface area contributed by atoms with Crippen LogP contribution in [-0.2, 0) is 11.2 Å². The van der Waals surface area contributed by atoms with Crippen molar-refractivity contribution in [1.29, 1.82) is 0 Å². The number of benzene rings is 1. The zero-order valence-corrected chi connectivity index (χ0v) is 10.6. The Hall–Kier alpha value is 0.260. The van der Waals surface area contributed by atoms with Gasteiger partial charge < -0.3 is 0 Å². The summed E-state index contributed by atoms with van der Waals surface area (Å²) < 4.78 is 1.08. The second kappa shape index (κ2) is 5.22. The average Bonchev–Trinajstić information content (AvgIpc) is 2.11. The van der Waals surface area contributed by atoms with Crippen molar-refractivity contribution in [2.75, 3.05) is 5.88 Å². The molecule has 0 aliphatic heterocycles. The molecule has 0 bridgehead atoms. The van der Waals surface area contributed by atoms with Crippen molar-refractivity contribution in [3.8, 4) is 0 Å². The van der Waals surface area contributed by atoms with Gasteiger partial charge >= 0.3 is 0 Å².